The molecule has 0 aliphatic carbocycles. The van der Waals surface area contributed by atoms with Gasteiger partial charge in [-0.25, -0.2) is 4.79 Å². The van der Waals surface area contributed by atoms with E-state index in [9.17, 15) is 9.59 Å². The minimum Gasteiger partial charge on any atom is -0.445 e. The highest BCUT2D eigenvalue weighted by molar-refractivity contribution is 5.76. The summed E-state index contributed by atoms with van der Waals surface area (Å²) < 4.78 is 5.32. The van der Waals surface area contributed by atoms with Gasteiger partial charge in [-0.15, -0.1) is 0 Å². The minimum absolute atomic E-state index is 0.270. The molecule has 0 aromatic heterocycles. The zero-order chi connectivity index (χ0) is 16.7. The monoisotopic (exact) mass is 311 g/mol. The number of carbonyl (C=O) groups is 2. The zero-order valence-electron chi connectivity index (χ0n) is 13.5. The third kappa shape index (κ3) is 4.19. The molecule has 3 rings (SSSR count). The summed E-state index contributed by atoms with van der Waals surface area (Å²) in [5, 5.41) is 0. The summed E-state index contributed by atoms with van der Waals surface area (Å²) in [6, 6.07) is 15.1. The summed E-state index contributed by atoms with van der Waals surface area (Å²) in [5.41, 5.74) is 3.67. The fraction of sp³-hybridized carbons (Fsp3) is 0.263. The lowest BCUT2D eigenvalue weighted by molar-refractivity contribution is 0.0955. The van der Waals surface area contributed by atoms with Gasteiger partial charge in [0.25, 0.3) is 0 Å². The molecule has 1 aliphatic rings. The van der Waals surface area contributed by atoms with Crippen LogP contribution in [0.2, 0.25) is 0 Å². The average Bonchev–Trinajstić information content (AvgIpc) is 3.05. The number of benzene rings is 2. The van der Waals surface area contributed by atoms with E-state index in [1.54, 1.807) is 11.0 Å². The van der Waals surface area contributed by atoms with Crippen molar-refractivity contribution in [1.82, 2.24) is 4.90 Å². The van der Waals surface area contributed by atoms with E-state index in [4.69, 9.17) is 4.74 Å². The van der Waals surface area contributed by atoms with Gasteiger partial charge in [0.1, 0.15) is 12.9 Å². The standard InChI is InChI=1S/C17H15NO3.C2H6/c19-11-14-6-7-15-9-18(10-16(15)8-14)17(20)21-12-13-4-2-1-3-5-13;1-2/h1-8,11H,9-10,12H2;1-2H3. The first-order valence-electron chi connectivity index (χ1n) is 7.79. The Kier molecular flexibility index (Phi) is 5.92. The number of rotatable bonds is 3. The second-order valence-electron chi connectivity index (χ2n) is 5.04. The summed E-state index contributed by atoms with van der Waals surface area (Å²) in [6.45, 7) is 5.29. The van der Waals surface area contributed by atoms with Crippen molar-refractivity contribution < 1.29 is 14.3 Å². The van der Waals surface area contributed by atoms with Gasteiger partial charge in [0.2, 0.25) is 0 Å². The normalized spacial score (nSPS) is 12.0. The summed E-state index contributed by atoms with van der Waals surface area (Å²) in [7, 11) is 0. The SMILES string of the molecule is CC.O=Cc1ccc2c(c1)CN(C(=O)OCc1ccccc1)C2. The Bertz CT molecular complexity index is 668. The maximum atomic E-state index is 12.1. The lowest BCUT2D eigenvalue weighted by Gasteiger charge is -2.15. The Morgan fingerprint density at radius 2 is 1.78 bits per heavy atom. The van der Waals surface area contributed by atoms with Crippen LogP contribution in [0.3, 0.4) is 0 Å². The molecule has 4 heteroatoms. The van der Waals surface area contributed by atoms with Crippen molar-refractivity contribution in [3.8, 4) is 0 Å². The van der Waals surface area contributed by atoms with Gasteiger partial charge in [0, 0.05) is 18.7 Å². The summed E-state index contributed by atoms with van der Waals surface area (Å²) in [6.07, 6.45) is 0.485. The van der Waals surface area contributed by atoms with E-state index < -0.39 is 0 Å². The highest BCUT2D eigenvalue weighted by atomic mass is 16.6. The second kappa shape index (κ2) is 8.13. The first-order chi connectivity index (χ1) is 11.3. The summed E-state index contributed by atoms with van der Waals surface area (Å²) in [5.74, 6) is 0. The maximum absolute atomic E-state index is 12.1. The molecule has 23 heavy (non-hydrogen) atoms. The van der Waals surface area contributed by atoms with Crippen molar-refractivity contribution in [3.63, 3.8) is 0 Å². The van der Waals surface area contributed by atoms with Gasteiger partial charge < -0.3 is 4.74 Å². The fourth-order valence-electron chi connectivity index (χ4n) is 2.43. The zero-order valence-corrected chi connectivity index (χ0v) is 13.5. The van der Waals surface area contributed by atoms with Gasteiger partial charge in [-0.05, 0) is 22.8 Å². The molecule has 2 aromatic carbocycles. The van der Waals surface area contributed by atoms with Crippen LogP contribution >= 0.6 is 0 Å². The van der Waals surface area contributed by atoms with Crippen molar-refractivity contribution in [3.05, 3.63) is 70.8 Å². The number of aldehydes is 1. The molecule has 0 saturated carbocycles. The molecule has 0 spiro atoms. The molecule has 1 amide bonds. The van der Waals surface area contributed by atoms with Crippen molar-refractivity contribution >= 4 is 12.4 Å². The summed E-state index contributed by atoms with van der Waals surface area (Å²) in [4.78, 5) is 24.5. The molecule has 0 bridgehead atoms. The van der Waals surface area contributed by atoms with Gasteiger partial charge in [0.15, 0.2) is 0 Å². The molecule has 1 aliphatic heterocycles. The molecule has 4 nitrogen and oxygen atoms in total. The second-order valence-corrected chi connectivity index (χ2v) is 5.04. The predicted molar refractivity (Wildman–Crippen MR) is 89.1 cm³/mol. The number of carbonyl (C=O) groups excluding carboxylic acids is 2. The molecule has 0 radical (unpaired) electrons. The number of hydrogen-bond donors (Lipinski definition) is 0. The number of nitrogens with zero attached hydrogens (tertiary/aromatic N) is 1. The molecule has 0 saturated heterocycles. The van der Waals surface area contributed by atoms with Crippen LogP contribution in [-0.4, -0.2) is 17.3 Å². The van der Waals surface area contributed by atoms with E-state index in [1.165, 1.54) is 0 Å². The van der Waals surface area contributed by atoms with Crippen LogP contribution in [0.5, 0.6) is 0 Å². The molecule has 0 unspecified atom stereocenters. The van der Waals surface area contributed by atoms with Gasteiger partial charge in [-0.3, -0.25) is 9.69 Å². The van der Waals surface area contributed by atoms with Gasteiger partial charge >= 0.3 is 6.09 Å². The highest BCUT2D eigenvalue weighted by Crippen LogP contribution is 2.24. The lowest BCUT2D eigenvalue weighted by atomic mass is 10.1. The molecule has 2 aromatic rings. The van der Waals surface area contributed by atoms with Crippen LogP contribution in [0.15, 0.2) is 48.5 Å². The van der Waals surface area contributed by atoms with Crippen LogP contribution in [0.4, 0.5) is 4.79 Å². The van der Waals surface area contributed by atoms with Gasteiger partial charge in [-0.1, -0.05) is 56.3 Å². The molecular formula is C19H21NO3. The van der Waals surface area contributed by atoms with E-state index in [0.29, 0.717) is 18.7 Å². The van der Waals surface area contributed by atoms with Crippen molar-refractivity contribution in [2.75, 3.05) is 0 Å². The molecule has 120 valence electrons. The third-order valence-electron chi connectivity index (χ3n) is 3.55. The van der Waals surface area contributed by atoms with Crippen molar-refractivity contribution in [2.24, 2.45) is 0 Å². The van der Waals surface area contributed by atoms with Crippen LogP contribution in [0.25, 0.3) is 0 Å². The minimum atomic E-state index is -0.331. The van der Waals surface area contributed by atoms with E-state index in [1.807, 2.05) is 56.3 Å². The first kappa shape index (κ1) is 16.7. The molecule has 1 heterocycles. The predicted octanol–water partition coefficient (Wildman–Crippen LogP) is 4.18. The molecular weight excluding hydrogens is 290 g/mol. The van der Waals surface area contributed by atoms with Crippen LogP contribution in [0, 0.1) is 0 Å². The Labute approximate surface area is 136 Å². The van der Waals surface area contributed by atoms with Crippen molar-refractivity contribution in [2.45, 2.75) is 33.5 Å². The number of amides is 1. The lowest BCUT2D eigenvalue weighted by Crippen LogP contribution is -2.25. The van der Waals surface area contributed by atoms with Gasteiger partial charge in [-0.2, -0.15) is 0 Å². The Morgan fingerprint density at radius 1 is 1.09 bits per heavy atom. The van der Waals surface area contributed by atoms with Gasteiger partial charge in [0.05, 0.1) is 0 Å². The summed E-state index contributed by atoms with van der Waals surface area (Å²) >= 11 is 0. The maximum Gasteiger partial charge on any atom is 0.410 e. The van der Waals surface area contributed by atoms with E-state index in [-0.39, 0.29) is 12.7 Å². The Balaban J connectivity index is 0.000000924. The quantitative estimate of drug-likeness (QED) is 0.799. The first-order valence-corrected chi connectivity index (χ1v) is 7.79. The smallest absolute Gasteiger partial charge is 0.410 e. The topological polar surface area (TPSA) is 46.6 Å². The van der Waals surface area contributed by atoms with Crippen molar-refractivity contribution in [1.29, 1.82) is 0 Å². The fourth-order valence-corrected chi connectivity index (χ4v) is 2.43. The number of hydrogen-bond acceptors (Lipinski definition) is 3. The number of fused-ring (bicyclic) bond motifs is 1. The van der Waals surface area contributed by atoms with E-state index in [0.717, 1.165) is 23.0 Å². The molecule has 0 fully saturated rings. The average molecular weight is 311 g/mol. The molecule has 0 N–H and O–H groups in total. The van der Waals surface area contributed by atoms with Crippen LogP contribution < -0.4 is 0 Å². The van der Waals surface area contributed by atoms with Crippen LogP contribution in [-0.2, 0) is 24.4 Å². The Morgan fingerprint density at radius 3 is 2.48 bits per heavy atom. The van der Waals surface area contributed by atoms with Crippen LogP contribution in [0.1, 0.15) is 40.9 Å². The third-order valence-corrected chi connectivity index (χ3v) is 3.55. The van der Waals surface area contributed by atoms with E-state index >= 15 is 0 Å². The number of ether oxygens (including phenoxy) is 1. The largest absolute Gasteiger partial charge is 0.445 e. The van der Waals surface area contributed by atoms with E-state index in [2.05, 4.69) is 0 Å². The Hall–Kier alpha value is -2.62. The molecule has 0 atom stereocenters. The highest BCUT2D eigenvalue weighted by Gasteiger charge is 2.24.